The number of ether oxygens (including phenoxy) is 1. The Hall–Kier alpha value is -2.26. The second-order valence-corrected chi connectivity index (χ2v) is 5.53. The molecular weight excluding hydrogens is 320 g/mol. The van der Waals surface area contributed by atoms with Crippen molar-refractivity contribution in [2.24, 2.45) is 0 Å². The van der Waals surface area contributed by atoms with Crippen LogP contribution in [0, 0.1) is 10.1 Å². The Bertz CT molecular complexity index is 573. The first kappa shape index (κ1) is 17.1. The molecule has 8 nitrogen and oxygen atoms in total. The molecule has 1 aromatic rings. The van der Waals surface area contributed by atoms with Gasteiger partial charge >= 0.3 is 0 Å². The summed E-state index contributed by atoms with van der Waals surface area (Å²) in [6, 6.07) is 5.82. The minimum Gasteiger partial charge on any atom is -0.376 e. The molecule has 0 aliphatic carbocycles. The molecule has 0 aromatic heterocycles. The van der Waals surface area contributed by atoms with Gasteiger partial charge in [0.2, 0.25) is 5.91 Å². The van der Waals surface area contributed by atoms with Crippen LogP contribution in [0.15, 0.2) is 24.3 Å². The van der Waals surface area contributed by atoms with Crippen LogP contribution < -0.4 is 16.2 Å². The number of carbonyl (C=O) groups excluding carboxylic acids is 1. The zero-order valence-corrected chi connectivity index (χ0v) is 13.2. The summed E-state index contributed by atoms with van der Waals surface area (Å²) in [5.41, 5.74) is 5.76. The highest BCUT2D eigenvalue weighted by atomic mass is 32.1. The molecule has 1 aliphatic heterocycles. The Labute approximate surface area is 138 Å². The lowest BCUT2D eigenvalue weighted by Crippen LogP contribution is -2.48. The van der Waals surface area contributed by atoms with E-state index in [-0.39, 0.29) is 24.1 Å². The van der Waals surface area contributed by atoms with Crippen molar-refractivity contribution in [2.75, 3.05) is 13.2 Å². The number of thiocarbonyl (C=S) groups is 1. The standard InChI is InChI=1S/C14H18N4O4S/c19-13(8-10-3-5-11(6-4-10)18(20)21)16-17-14(23)15-9-12-2-1-7-22-12/h3-6,12H,1-2,7-9H2,(H,16,19)(H2,15,17,23)/t12-/m0/s1. The normalized spacial score (nSPS) is 16.6. The third-order valence-electron chi connectivity index (χ3n) is 3.34. The molecule has 124 valence electrons. The SMILES string of the molecule is O=C(Cc1ccc([N+](=O)[O-])cc1)NNC(=S)NC[C@@H]1CCCO1. The number of carbonyl (C=O) groups is 1. The lowest BCUT2D eigenvalue weighted by atomic mass is 10.1. The fraction of sp³-hybridized carbons (Fsp3) is 0.429. The Morgan fingerprint density at radius 2 is 2.09 bits per heavy atom. The monoisotopic (exact) mass is 338 g/mol. The van der Waals surface area contributed by atoms with Crippen LogP contribution >= 0.6 is 12.2 Å². The topological polar surface area (TPSA) is 106 Å². The Kier molecular flexibility index (Phi) is 6.24. The minimum atomic E-state index is -0.483. The fourth-order valence-electron chi connectivity index (χ4n) is 2.15. The lowest BCUT2D eigenvalue weighted by Gasteiger charge is -2.14. The number of nitrogens with zero attached hydrogens (tertiary/aromatic N) is 1. The highest BCUT2D eigenvalue weighted by molar-refractivity contribution is 7.80. The summed E-state index contributed by atoms with van der Waals surface area (Å²) >= 11 is 5.05. The van der Waals surface area contributed by atoms with Gasteiger partial charge in [0, 0.05) is 25.3 Å². The molecule has 9 heteroatoms. The molecule has 0 saturated carbocycles. The first-order chi connectivity index (χ1) is 11.0. The van der Waals surface area contributed by atoms with Crippen LogP contribution in [0.2, 0.25) is 0 Å². The van der Waals surface area contributed by atoms with Crippen LogP contribution in [0.3, 0.4) is 0 Å². The van der Waals surface area contributed by atoms with Crippen molar-refractivity contribution in [3.8, 4) is 0 Å². The maximum atomic E-state index is 11.8. The van der Waals surface area contributed by atoms with Gasteiger partial charge in [-0.25, -0.2) is 0 Å². The predicted octanol–water partition coefficient (Wildman–Crippen LogP) is 0.812. The number of nitro groups is 1. The second-order valence-electron chi connectivity index (χ2n) is 5.12. The summed E-state index contributed by atoms with van der Waals surface area (Å²) < 4.78 is 5.45. The van der Waals surface area contributed by atoms with Crippen molar-refractivity contribution in [2.45, 2.75) is 25.4 Å². The van der Waals surface area contributed by atoms with E-state index in [1.54, 1.807) is 12.1 Å². The van der Waals surface area contributed by atoms with E-state index in [0.717, 1.165) is 19.4 Å². The molecule has 1 fully saturated rings. The van der Waals surface area contributed by atoms with Crippen LogP contribution in [-0.4, -0.2) is 35.2 Å². The Morgan fingerprint density at radius 3 is 2.70 bits per heavy atom. The van der Waals surface area contributed by atoms with E-state index in [1.807, 2.05) is 0 Å². The third kappa shape index (κ3) is 5.80. The number of nitro benzene ring substituents is 1. The molecule has 2 rings (SSSR count). The molecule has 0 spiro atoms. The average Bonchev–Trinajstić information content (AvgIpc) is 3.05. The van der Waals surface area contributed by atoms with Crippen molar-refractivity contribution < 1.29 is 14.5 Å². The summed E-state index contributed by atoms with van der Waals surface area (Å²) in [6.07, 6.45) is 2.31. The zero-order valence-electron chi connectivity index (χ0n) is 12.4. The molecule has 1 heterocycles. The number of hydrogen-bond donors (Lipinski definition) is 3. The van der Waals surface area contributed by atoms with Gasteiger partial charge in [-0.15, -0.1) is 0 Å². The number of hydrogen-bond acceptors (Lipinski definition) is 5. The van der Waals surface area contributed by atoms with Gasteiger partial charge in [-0.05, 0) is 30.6 Å². The zero-order chi connectivity index (χ0) is 16.7. The van der Waals surface area contributed by atoms with Gasteiger partial charge in [0.1, 0.15) is 0 Å². The smallest absolute Gasteiger partial charge is 0.269 e. The molecule has 1 saturated heterocycles. The van der Waals surface area contributed by atoms with Gasteiger partial charge in [-0.1, -0.05) is 12.1 Å². The van der Waals surface area contributed by atoms with E-state index in [4.69, 9.17) is 17.0 Å². The average molecular weight is 338 g/mol. The largest absolute Gasteiger partial charge is 0.376 e. The van der Waals surface area contributed by atoms with Crippen LogP contribution in [-0.2, 0) is 16.0 Å². The Morgan fingerprint density at radius 1 is 1.35 bits per heavy atom. The lowest BCUT2D eigenvalue weighted by molar-refractivity contribution is -0.384. The van der Waals surface area contributed by atoms with E-state index < -0.39 is 4.92 Å². The van der Waals surface area contributed by atoms with Crippen molar-refractivity contribution in [3.05, 3.63) is 39.9 Å². The van der Waals surface area contributed by atoms with Crippen molar-refractivity contribution in [1.29, 1.82) is 0 Å². The Balaban J connectivity index is 1.67. The highest BCUT2D eigenvalue weighted by Gasteiger charge is 2.15. The molecule has 0 radical (unpaired) electrons. The minimum absolute atomic E-state index is 0.00760. The maximum Gasteiger partial charge on any atom is 0.269 e. The van der Waals surface area contributed by atoms with E-state index in [0.29, 0.717) is 17.2 Å². The molecule has 1 amide bonds. The van der Waals surface area contributed by atoms with Gasteiger partial charge in [0.15, 0.2) is 5.11 Å². The van der Waals surface area contributed by atoms with Crippen LogP contribution in [0.1, 0.15) is 18.4 Å². The maximum absolute atomic E-state index is 11.8. The highest BCUT2D eigenvalue weighted by Crippen LogP contribution is 2.12. The molecule has 0 bridgehead atoms. The van der Waals surface area contributed by atoms with E-state index in [1.165, 1.54) is 12.1 Å². The number of amides is 1. The predicted molar refractivity (Wildman–Crippen MR) is 87.7 cm³/mol. The number of non-ortho nitro benzene ring substituents is 1. The van der Waals surface area contributed by atoms with Crippen LogP contribution in [0.5, 0.6) is 0 Å². The van der Waals surface area contributed by atoms with Crippen molar-refractivity contribution in [3.63, 3.8) is 0 Å². The summed E-state index contributed by atoms with van der Waals surface area (Å²) in [5.74, 6) is -0.292. The summed E-state index contributed by atoms with van der Waals surface area (Å²) in [6.45, 7) is 1.38. The molecule has 0 unspecified atom stereocenters. The van der Waals surface area contributed by atoms with E-state index in [2.05, 4.69) is 16.2 Å². The summed E-state index contributed by atoms with van der Waals surface area (Å²) in [7, 11) is 0. The summed E-state index contributed by atoms with van der Waals surface area (Å²) in [4.78, 5) is 21.8. The van der Waals surface area contributed by atoms with Gasteiger partial charge in [0.25, 0.3) is 5.69 Å². The number of hydrazine groups is 1. The second kappa shape index (κ2) is 8.39. The van der Waals surface area contributed by atoms with E-state index >= 15 is 0 Å². The first-order valence-corrected chi connectivity index (χ1v) is 7.63. The van der Waals surface area contributed by atoms with Gasteiger partial charge in [-0.2, -0.15) is 0 Å². The summed E-state index contributed by atoms with van der Waals surface area (Å²) in [5, 5.41) is 13.8. The molecule has 1 aromatic carbocycles. The molecular formula is C14H18N4O4S. The number of nitrogens with one attached hydrogen (secondary N) is 3. The van der Waals surface area contributed by atoms with Gasteiger partial charge < -0.3 is 10.1 Å². The number of benzene rings is 1. The fourth-order valence-corrected chi connectivity index (χ4v) is 2.28. The number of rotatable bonds is 5. The van der Waals surface area contributed by atoms with Crippen LogP contribution in [0.25, 0.3) is 0 Å². The first-order valence-electron chi connectivity index (χ1n) is 7.22. The molecule has 1 aliphatic rings. The van der Waals surface area contributed by atoms with Gasteiger partial charge in [0.05, 0.1) is 17.4 Å². The van der Waals surface area contributed by atoms with Crippen LogP contribution in [0.4, 0.5) is 5.69 Å². The quantitative estimate of drug-likeness (QED) is 0.414. The van der Waals surface area contributed by atoms with Gasteiger partial charge in [-0.3, -0.25) is 25.8 Å². The van der Waals surface area contributed by atoms with E-state index in [9.17, 15) is 14.9 Å². The van der Waals surface area contributed by atoms with Crippen molar-refractivity contribution in [1.82, 2.24) is 16.2 Å². The third-order valence-corrected chi connectivity index (χ3v) is 3.59. The molecule has 1 atom stereocenters. The molecule has 3 N–H and O–H groups in total. The van der Waals surface area contributed by atoms with Crippen molar-refractivity contribution >= 4 is 28.9 Å². The molecule has 23 heavy (non-hydrogen) atoms.